The molecule has 0 saturated heterocycles. The van der Waals surface area contributed by atoms with E-state index in [4.69, 9.17) is 14.9 Å². The minimum Gasteiger partial charge on any atom is -0.460 e. The van der Waals surface area contributed by atoms with E-state index < -0.39 is 18.1 Å². The second-order valence-corrected chi connectivity index (χ2v) is 4.86. The summed E-state index contributed by atoms with van der Waals surface area (Å²) in [6, 6.07) is 8.34. The van der Waals surface area contributed by atoms with Crippen LogP contribution in [0.2, 0.25) is 0 Å². The SMILES string of the molecule is CCOC(=O)c1ccc(CN=C(N)Nc2ccccc2OC(F)(F)F)o1. The van der Waals surface area contributed by atoms with Gasteiger partial charge in [-0.05, 0) is 31.2 Å². The van der Waals surface area contributed by atoms with Crippen LogP contribution in [0.4, 0.5) is 18.9 Å². The highest BCUT2D eigenvalue weighted by Gasteiger charge is 2.32. The van der Waals surface area contributed by atoms with Gasteiger partial charge in [-0.1, -0.05) is 12.1 Å². The van der Waals surface area contributed by atoms with Crippen LogP contribution >= 0.6 is 0 Å². The Morgan fingerprint density at radius 1 is 1.27 bits per heavy atom. The van der Waals surface area contributed by atoms with Crippen molar-refractivity contribution in [2.24, 2.45) is 10.7 Å². The Morgan fingerprint density at radius 3 is 2.69 bits per heavy atom. The molecule has 0 saturated carbocycles. The summed E-state index contributed by atoms with van der Waals surface area (Å²) in [6.07, 6.45) is -4.83. The van der Waals surface area contributed by atoms with E-state index >= 15 is 0 Å². The Morgan fingerprint density at radius 2 is 2.00 bits per heavy atom. The molecule has 2 rings (SSSR count). The summed E-state index contributed by atoms with van der Waals surface area (Å²) in [4.78, 5) is 15.4. The van der Waals surface area contributed by atoms with Gasteiger partial charge in [0, 0.05) is 0 Å². The Labute approximate surface area is 146 Å². The van der Waals surface area contributed by atoms with Crippen LogP contribution in [-0.4, -0.2) is 24.9 Å². The minimum absolute atomic E-state index is 0.00210. The number of carbonyl (C=O) groups is 1. The van der Waals surface area contributed by atoms with Crippen LogP contribution in [-0.2, 0) is 11.3 Å². The molecule has 0 aliphatic heterocycles. The first kappa shape index (κ1) is 19.2. The number of furan rings is 1. The largest absolute Gasteiger partial charge is 0.573 e. The third-order valence-electron chi connectivity index (χ3n) is 2.92. The van der Waals surface area contributed by atoms with E-state index in [1.807, 2.05) is 0 Å². The molecule has 7 nitrogen and oxygen atoms in total. The van der Waals surface area contributed by atoms with Crippen LogP contribution in [0.3, 0.4) is 0 Å². The average Bonchev–Trinajstić information content (AvgIpc) is 3.03. The molecule has 0 aliphatic rings. The van der Waals surface area contributed by atoms with Crippen molar-refractivity contribution in [2.75, 3.05) is 11.9 Å². The molecule has 1 heterocycles. The molecule has 10 heteroatoms. The highest BCUT2D eigenvalue weighted by molar-refractivity contribution is 5.93. The summed E-state index contributed by atoms with van der Waals surface area (Å²) in [5, 5.41) is 2.52. The zero-order valence-corrected chi connectivity index (χ0v) is 13.7. The van der Waals surface area contributed by atoms with Crippen molar-refractivity contribution in [2.45, 2.75) is 19.8 Å². The molecule has 0 spiro atoms. The summed E-state index contributed by atoms with van der Waals surface area (Å²) < 4.78 is 51.1. The number of benzene rings is 1. The van der Waals surface area contributed by atoms with E-state index in [9.17, 15) is 18.0 Å². The third-order valence-corrected chi connectivity index (χ3v) is 2.92. The highest BCUT2D eigenvalue weighted by atomic mass is 19.4. The van der Waals surface area contributed by atoms with Crippen LogP contribution in [0.15, 0.2) is 45.8 Å². The van der Waals surface area contributed by atoms with Gasteiger partial charge < -0.3 is 24.9 Å². The smallest absolute Gasteiger partial charge is 0.460 e. The Hall–Kier alpha value is -3.17. The van der Waals surface area contributed by atoms with Crippen LogP contribution in [0, 0.1) is 0 Å². The van der Waals surface area contributed by atoms with Gasteiger partial charge in [0.05, 0.1) is 12.3 Å². The first-order chi connectivity index (χ1) is 12.3. The highest BCUT2D eigenvalue weighted by Crippen LogP contribution is 2.29. The molecule has 0 radical (unpaired) electrons. The maximum atomic E-state index is 12.4. The Kier molecular flexibility index (Phi) is 6.10. The molecular formula is C16H16F3N3O4. The molecular weight excluding hydrogens is 355 g/mol. The van der Waals surface area contributed by atoms with Crippen molar-refractivity contribution >= 4 is 17.6 Å². The van der Waals surface area contributed by atoms with Gasteiger partial charge in [-0.2, -0.15) is 0 Å². The number of guanidine groups is 1. The number of para-hydroxylation sites is 2. The maximum absolute atomic E-state index is 12.4. The summed E-state index contributed by atoms with van der Waals surface area (Å²) >= 11 is 0. The van der Waals surface area contributed by atoms with Gasteiger partial charge in [0.15, 0.2) is 11.7 Å². The summed E-state index contributed by atoms with van der Waals surface area (Å²) in [5.41, 5.74) is 5.67. The summed E-state index contributed by atoms with van der Waals surface area (Å²) in [5.74, 6) is -0.852. The number of esters is 1. The number of halogens is 3. The van der Waals surface area contributed by atoms with Crippen LogP contribution < -0.4 is 15.8 Å². The monoisotopic (exact) mass is 371 g/mol. The van der Waals surface area contributed by atoms with Crippen molar-refractivity contribution < 1.29 is 31.9 Å². The van der Waals surface area contributed by atoms with Gasteiger partial charge in [0.25, 0.3) is 0 Å². The summed E-state index contributed by atoms with van der Waals surface area (Å²) in [6.45, 7) is 1.85. The Bertz CT molecular complexity index is 787. The number of alkyl halides is 3. The van der Waals surface area contributed by atoms with E-state index in [2.05, 4.69) is 15.0 Å². The number of hydrogen-bond acceptors (Lipinski definition) is 5. The molecule has 26 heavy (non-hydrogen) atoms. The molecule has 0 amide bonds. The lowest BCUT2D eigenvalue weighted by Gasteiger charge is -2.13. The van der Waals surface area contributed by atoms with E-state index in [0.29, 0.717) is 5.76 Å². The van der Waals surface area contributed by atoms with Gasteiger partial charge in [-0.15, -0.1) is 13.2 Å². The molecule has 0 unspecified atom stereocenters. The molecule has 2 aromatic rings. The maximum Gasteiger partial charge on any atom is 0.573 e. The molecule has 140 valence electrons. The van der Waals surface area contributed by atoms with Crippen molar-refractivity contribution in [1.29, 1.82) is 0 Å². The fourth-order valence-electron chi connectivity index (χ4n) is 1.90. The van der Waals surface area contributed by atoms with E-state index in [-0.39, 0.29) is 30.6 Å². The van der Waals surface area contributed by atoms with Gasteiger partial charge in [0.2, 0.25) is 5.76 Å². The predicted octanol–water partition coefficient (Wildman–Crippen LogP) is 3.28. The van der Waals surface area contributed by atoms with E-state index in [1.54, 1.807) is 6.92 Å². The predicted molar refractivity (Wildman–Crippen MR) is 86.7 cm³/mol. The van der Waals surface area contributed by atoms with E-state index in [1.165, 1.54) is 30.3 Å². The molecule has 0 bridgehead atoms. The van der Waals surface area contributed by atoms with Gasteiger partial charge in [-0.25, -0.2) is 9.79 Å². The molecule has 3 N–H and O–H groups in total. The average molecular weight is 371 g/mol. The zero-order chi connectivity index (χ0) is 19.2. The van der Waals surface area contributed by atoms with Crippen LogP contribution in [0.5, 0.6) is 5.75 Å². The van der Waals surface area contributed by atoms with Crippen LogP contribution in [0.1, 0.15) is 23.2 Å². The molecule has 1 aromatic heterocycles. The van der Waals surface area contributed by atoms with Crippen molar-refractivity contribution in [3.8, 4) is 5.75 Å². The third kappa shape index (κ3) is 5.72. The normalized spacial score (nSPS) is 11.9. The second-order valence-electron chi connectivity index (χ2n) is 4.86. The zero-order valence-electron chi connectivity index (χ0n) is 13.7. The number of carbonyl (C=O) groups excluding carboxylic acids is 1. The molecule has 0 atom stereocenters. The lowest BCUT2D eigenvalue weighted by Crippen LogP contribution is -2.24. The van der Waals surface area contributed by atoms with Crippen molar-refractivity contribution in [3.63, 3.8) is 0 Å². The van der Waals surface area contributed by atoms with Gasteiger partial charge >= 0.3 is 12.3 Å². The number of aliphatic imine (C=N–C) groups is 1. The Balaban J connectivity index is 2.02. The van der Waals surface area contributed by atoms with Crippen molar-refractivity contribution in [3.05, 3.63) is 47.9 Å². The lowest BCUT2D eigenvalue weighted by atomic mass is 10.3. The number of nitrogens with one attached hydrogen (secondary N) is 1. The number of anilines is 1. The number of nitrogens with two attached hydrogens (primary N) is 1. The molecule has 0 fully saturated rings. The first-order valence-electron chi connectivity index (χ1n) is 7.46. The van der Waals surface area contributed by atoms with E-state index in [0.717, 1.165) is 6.07 Å². The molecule has 1 aromatic carbocycles. The van der Waals surface area contributed by atoms with Crippen LogP contribution in [0.25, 0.3) is 0 Å². The van der Waals surface area contributed by atoms with Crippen molar-refractivity contribution in [1.82, 2.24) is 0 Å². The quantitative estimate of drug-likeness (QED) is 0.459. The first-order valence-corrected chi connectivity index (χ1v) is 7.46. The number of rotatable bonds is 6. The lowest BCUT2D eigenvalue weighted by molar-refractivity contribution is -0.274. The fraction of sp³-hybridized carbons (Fsp3) is 0.250. The topological polar surface area (TPSA) is 99.1 Å². The number of ether oxygens (including phenoxy) is 2. The fourth-order valence-corrected chi connectivity index (χ4v) is 1.90. The summed E-state index contributed by atoms with van der Waals surface area (Å²) in [7, 11) is 0. The van der Waals surface area contributed by atoms with Gasteiger partial charge in [0.1, 0.15) is 12.3 Å². The minimum atomic E-state index is -4.83. The number of nitrogens with zero attached hydrogens (tertiary/aromatic N) is 1. The number of hydrogen-bond donors (Lipinski definition) is 2. The van der Waals surface area contributed by atoms with Gasteiger partial charge in [-0.3, -0.25) is 0 Å². The standard InChI is InChI=1S/C16H16F3N3O4/c1-2-24-14(23)13-8-7-10(25-13)9-21-15(20)22-11-5-3-4-6-12(11)26-16(17,18)19/h3-8H,2,9H2,1H3,(H3,20,21,22). The second kappa shape index (κ2) is 8.28. The molecule has 0 aliphatic carbocycles.